The second-order valence-electron chi connectivity index (χ2n) is 2.71. The van der Waals surface area contributed by atoms with Gasteiger partial charge < -0.3 is 5.73 Å². The molecule has 0 spiro atoms. The Labute approximate surface area is 85.1 Å². The molecule has 0 unspecified atom stereocenters. The molecule has 13 heavy (non-hydrogen) atoms. The van der Waals surface area contributed by atoms with Crippen LogP contribution in [-0.2, 0) is 6.54 Å². The molecule has 0 aliphatic rings. The fourth-order valence-corrected chi connectivity index (χ4v) is 2.86. The van der Waals surface area contributed by atoms with Crippen molar-refractivity contribution in [3.05, 3.63) is 28.1 Å². The van der Waals surface area contributed by atoms with E-state index in [1.54, 1.807) is 22.7 Å². The fourth-order valence-electron chi connectivity index (χ4n) is 1.12. The molecule has 0 amide bonds. The Bertz CT molecular complexity index is 390. The number of nitrogens with two attached hydrogens (primary N) is 1. The molecule has 0 fully saturated rings. The first-order valence-corrected chi connectivity index (χ1v) is 5.71. The Morgan fingerprint density at radius 1 is 1.54 bits per heavy atom. The molecular weight excluding hydrogens is 200 g/mol. The van der Waals surface area contributed by atoms with E-state index in [1.807, 2.05) is 13.0 Å². The van der Waals surface area contributed by atoms with Crippen molar-refractivity contribution >= 4 is 22.7 Å². The number of hydrogen-bond donors (Lipinski definition) is 1. The Morgan fingerprint density at radius 2 is 2.38 bits per heavy atom. The van der Waals surface area contributed by atoms with Gasteiger partial charge >= 0.3 is 0 Å². The van der Waals surface area contributed by atoms with Crippen molar-refractivity contribution in [3.8, 4) is 9.88 Å². The molecule has 0 saturated carbocycles. The number of thiazole rings is 1. The molecule has 2 heterocycles. The third-order valence-electron chi connectivity index (χ3n) is 1.81. The first-order valence-electron chi connectivity index (χ1n) is 4.01. The van der Waals surface area contributed by atoms with E-state index < -0.39 is 0 Å². The van der Waals surface area contributed by atoms with E-state index in [2.05, 4.69) is 16.4 Å². The highest BCUT2D eigenvalue weighted by atomic mass is 32.1. The summed E-state index contributed by atoms with van der Waals surface area (Å²) < 4.78 is 0. The Kier molecular flexibility index (Phi) is 2.44. The Hall–Kier alpha value is -0.710. The van der Waals surface area contributed by atoms with E-state index in [-0.39, 0.29) is 0 Å². The van der Waals surface area contributed by atoms with Crippen LogP contribution in [0.15, 0.2) is 17.5 Å². The number of hydrogen-bond acceptors (Lipinski definition) is 4. The molecule has 2 aromatic heterocycles. The molecule has 4 heteroatoms. The third-order valence-corrected chi connectivity index (χ3v) is 4.03. The molecule has 0 radical (unpaired) electrons. The van der Waals surface area contributed by atoms with Gasteiger partial charge in [0, 0.05) is 11.4 Å². The zero-order valence-electron chi connectivity index (χ0n) is 7.28. The Morgan fingerprint density at radius 3 is 2.92 bits per heavy atom. The van der Waals surface area contributed by atoms with E-state index in [4.69, 9.17) is 5.73 Å². The first kappa shape index (κ1) is 8.87. The molecule has 2 N–H and O–H groups in total. The second-order valence-corrected chi connectivity index (χ2v) is 4.74. The number of nitrogens with zero attached hydrogens (tertiary/aromatic N) is 1. The molecule has 0 aliphatic carbocycles. The fraction of sp³-hybridized carbons (Fsp3) is 0.222. The van der Waals surface area contributed by atoms with Crippen molar-refractivity contribution < 1.29 is 0 Å². The molecule has 2 nitrogen and oxygen atoms in total. The number of thiophene rings is 1. The summed E-state index contributed by atoms with van der Waals surface area (Å²) in [6.07, 6.45) is 0. The molecule has 2 rings (SSSR count). The summed E-state index contributed by atoms with van der Waals surface area (Å²) in [5.74, 6) is 0. The van der Waals surface area contributed by atoms with Crippen LogP contribution in [0.1, 0.15) is 10.6 Å². The van der Waals surface area contributed by atoms with Crippen LogP contribution in [0.2, 0.25) is 0 Å². The SMILES string of the molecule is Cc1nc(-c2cccs2)sc1CN. The van der Waals surface area contributed by atoms with Gasteiger partial charge in [-0.1, -0.05) is 6.07 Å². The number of aromatic nitrogens is 1. The first-order chi connectivity index (χ1) is 6.31. The molecule has 0 aromatic carbocycles. The molecule has 0 saturated heterocycles. The van der Waals surface area contributed by atoms with Gasteiger partial charge in [-0.2, -0.15) is 0 Å². The van der Waals surface area contributed by atoms with Crippen LogP contribution in [0.3, 0.4) is 0 Å². The average Bonchev–Trinajstić information content (AvgIpc) is 2.71. The zero-order valence-corrected chi connectivity index (χ0v) is 8.91. The van der Waals surface area contributed by atoms with Crippen LogP contribution in [0.5, 0.6) is 0 Å². The zero-order chi connectivity index (χ0) is 9.26. The van der Waals surface area contributed by atoms with Crippen molar-refractivity contribution in [2.45, 2.75) is 13.5 Å². The molecule has 68 valence electrons. The van der Waals surface area contributed by atoms with Crippen LogP contribution in [-0.4, -0.2) is 4.98 Å². The van der Waals surface area contributed by atoms with Crippen molar-refractivity contribution in [1.29, 1.82) is 0 Å². The van der Waals surface area contributed by atoms with Crippen LogP contribution in [0.25, 0.3) is 9.88 Å². The lowest BCUT2D eigenvalue weighted by atomic mass is 10.4. The molecule has 0 atom stereocenters. The maximum atomic E-state index is 5.59. The average molecular weight is 210 g/mol. The van der Waals surface area contributed by atoms with Crippen LogP contribution >= 0.6 is 22.7 Å². The largest absolute Gasteiger partial charge is 0.326 e. The predicted octanol–water partition coefficient (Wildman–Crippen LogP) is 2.64. The topological polar surface area (TPSA) is 38.9 Å². The van der Waals surface area contributed by atoms with Crippen molar-refractivity contribution in [3.63, 3.8) is 0 Å². The summed E-state index contributed by atoms with van der Waals surface area (Å²) in [7, 11) is 0. The summed E-state index contributed by atoms with van der Waals surface area (Å²) in [6.45, 7) is 2.60. The smallest absolute Gasteiger partial charge is 0.133 e. The number of rotatable bonds is 2. The maximum Gasteiger partial charge on any atom is 0.133 e. The van der Waals surface area contributed by atoms with Gasteiger partial charge in [0.15, 0.2) is 0 Å². The maximum absolute atomic E-state index is 5.59. The third kappa shape index (κ3) is 1.65. The van der Waals surface area contributed by atoms with E-state index >= 15 is 0 Å². The van der Waals surface area contributed by atoms with E-state index in [1.165, 1.54) is 9.75 Å². The highest BCUT2D eigenvalue weighted by molar-refractivity contribution is 7.21. The quantitative estimate of drug-likeness (QED) is 0.827. The second kappa shape index (κ2) is 3.57. The van der Waals surface area contributed by atoms with Gasteiger partial charge in [0.2, 0.25) is 0 Å². The minimum absolute atomic E-state index is 0.592. The van der Waals surface area contributed by atoms with Gasteiger partial charge in [-0.15, -0.1) is 22.7 Å². The van der Waals surface area contributed by atoms with Gasteiger partial charge in [0.1, 0.15) is 5.01 Å². The van der Waals surface area contributed by atoms with E-state index in [0.717, 1.165) is 10.7 Å². The van der Waals surface area contributed by atoms with Gasteiger partial charge in [-0.3, -0.25) is 0 Å². The lowest BCUT2D eigenvalue weighted by Gasteiger charge is -1.86. The van der Waals surface area contributed by atoms with E-state index in [0.29, 0.717) is 6.54 Å². The van der Waals surface area contributed by atoms with Crippen molar-refractivity contribution in [1.82, 2.24) is 4.98 Å². The summed E-state index contributed by atoms with van der Waals surface area (Å²) in [5, 5.41) is 3.15. The van der Waals surface area contributed by atoms with Gasteiger partial charge in [0.25, 0.3) is 0 Å². The normalized spacial score (nSPS) is 10.6. The summed E-state index contributed by atoms with van der Waals surface area (Å²) in [6, 6.07) is 4.13. The minimum Gasteiger partial charge on any atom is -0.326 e. The molecular formula is C9H10N2S2. The van der Waals surface area contributed by atoms with Gasteiger partial charge in [-0.25, -0.2) is 4.98 Å². The van der Waals surface area contributed by atoms with Crippen LogP contribution < -0.4 is 5.73 Å². The summed E-state index contributed by atoms with van der Waals surface area (Å²) >= 11 is 3.41. The van der Waals surface area contributed by atoms with Crippen LogP contribution in [0.4, 0.5) is 0 Å². The molecule has 0 aliphatic heterocycles. The molecule has 2 aromatic rings. The van der Waals surface area contributed by atoms with Crippen molar-refractivity contribution in [2.24, 2.45) is 5.73 Å². The Balaban J connectivity index is 2.43. The van der Waals surface area contributed by atoms with E-state index in [9.17, 15) is 0 Å². The lowest BCUT2D eigenvalue weighted by Crippen LogP contribution is -1.94. The summed E-state index contributed by atoms with van der Waals surface area (Å²) in [4.78, 5) is 6.89. The van der Waals surface area contributed by atoms with Crippen LogP contribution in [0, 0.1) is 6.92 Å². The molecule has 0 bridgehead atoms. The van der Waals surface area contributed by atoms with Gasteiger partial charge in [0.05, 0.1) is 10.6 Å². The highest BCUT2D eigenvalue weighted by Crippen LogP contribution is 2.30. The standard InChI is InChI=1S/C9H10N2S2/c1-6-8(5-10)13-9(11-6)7-3-2-4-12-7/h2-4H,5,10H2,1H3. The predicted molar refractivity (Wildman–Crippen MR) is 58.1 cm³/mol. The number of aryl methyl sites for hydroxylation is 1. The highest BCUT2D eigenvalue weighted by Gasteiger charge is 2.07. The van der Waals surface area contributed by atoms with Crippen molar-refractivity contribution in [2.75, 3.05) is 0 Å². The monoisotopic (exact) mass is 210 g/mol. The summed E-state index contributed by atoms with van der Waals surface area (Å²) in [5.41, 5.74) is 6.66. The lowest BCUT2D eigenvalue weighted by molar-refractivity contribution is 1.06. The van der Waals surface area contributed by atoms with Gasteiger partial charge in [-0.05, 0) is 18.4 Å². The minimum atomic E-state index is 0.592.